The highest BCUT2D eigenvalue weighted by atomic mass is 32.2. The summed E-state index contributed by atoms with van der Waals surface area (Å²) >= 11 is 0. The molecule has 2 N–H and O–H groups in total. The predicted octanol–water partition coefficient (Wildman–Crippen LogP) is 0.661. The maximum absolute atomic E-state index is 11.5. The Kier molecular flexibility index (Phi) is 4.92. The van der Waals surface area contributed by atoms with Gasteiger partial charge in [0.1, 0.15) is 10.6 Å². The minimum absolute atomic E-state index is 0.0161. The van der Waals surface area contributed by atoms with E-state index in [1.54, 1.807) is 0 Å². The number of carbonyl (C=O) groups excluding carboxylic acids is 1. The molecule has 0 radical (unpaired) electrons. The average molecular weight is 283 g/mol. The smallest absolute Gasteiger partial charge is 0.312 e. The molecule has 6 nitrogen and oxygen atoms in total. The Morgan fingerprint density at radius 2 is 2.16 bits per heavy atom. The van der Waals surface area contributed by atoms with Crippen molar-refractivity contribution < 1.29 is 22.7 Å². The van der Waals surface area contributed by atoms with Crippen molar-refractivity contribution in [2.75, 3.05) is 7.11 Å². The van der Waals surface area contributed by atoms with Crippen LogP contribution in [0.5, 0.6) is 11.5 Å². The quantitative estimate of drug-likeness (QED) is 0.486. The van der Waals surface area contributed by atoms with E-state index in [4.69, 9.17) is 21.0 Å². The van der Waals surface area contributed by atoms with Crippen LogP contribution < -0.4 is 14.6 Å². The van der Waals surface area contributed by atoms with E-state index in [1.807, 2.05) is 0 Å². The SMILES string of the molecule is C#CCCC(=O)Oc1cc(OC)ccc1S(N)(=O)=O. The zero-order valence-electron chi connectivity index (χ0n) is 10.3. The van der Waals surface area contributed by atoms with Gasteiger partial charge in [-0.1, -0.05) is 0 Å². The van der Waals surface area contributed by atoms with Gasteiger partial charge in [0.25, 0.3) is 0 Å². The number of methoxy groups -OCH3 is 1. The van der Waals surface area contributed by atoms with Crippen LogP contribution in [-0.2, 0) is 14.8 Å². The van der Waals surface area contributed by atoms with Crippen LogP contribution in [0.15, 0.2) is 23.1 Å². The van der Waals surface area contributed by atoms with E-state index >= 15 is 0 Å². The number of hydrogen-bond acceptors (Lipinski definition) is 5. The van der Waals surface area contributed by atoms with Crippen molar-refractivity contribution in [3.05, 3.63) is 18.2 Å². The van der Waals surface area contributed by atoms with Gasteiger partial charge in [0.2, 0.25) is 10.0 Å². The van der Waals surface area contributed by atoms with Gasteiger partial charge >= 0.3 is 5.97 Å². The predicted molar refractivity (Wildman–Crippen MR) is 68.1 cm³/mol. The van der Waals surface area contributed by atoms with Crippen molar-refractivity contribution in [2.45, 2.75) is 17.7 Å². The molecule has 0 aliphatic rings. The van der Waals surface area contributed by atoms with E-state index in [2.05, 4.69) is 5.92 Å². The topological polar surface area (TPSA) is 95.7 Å². The molecule has 1 aromatic carbocycles. The normalized spacial score (nSPS) is 10.6. The lowest BCUT2D eigenvalue weighted by Crippen LogP contribution is -2.16. The monoisotopic (exact) mass is 283 g/mol. The number of esters is 1. The van der Waals surface area contributed by atoms with Gasteiger partial charge < -0.3 is 9.47 Å². The van der Waals surface area contributed by atoms with Crippen LogP contribution in [0.1, 0.15) is 12.8 Å². The first-order chi connectivity index (χ1) is 8.88. The molecule has 19 heavy (non-hydrogen) atoms. The van der Waals surface area contributed by atoms with Crippen LogP contribution in [0.4, 0.5) is 0 Å². The lowest BCUT2D eigenvalue weighted by molar-refractivity contribution is -0.134. The summed E-state index contributed by atoms with van der Waals surface area (Å²) < 4.78 is 32.6. The van der Waals surface area contributed by atoms with E-state index in [0.717, 1.165) is 0 Å². The number of primary sulfonamides is 1. The summed E-state index contributed by atoms with van der Waals surface area (Å²) in [6, 6.07) is 3.88. The lowest BCUT2D eigenvalue weighted by Gasteiger charge is -2.09. The lowest BCUT2D eigenvalue weighted by atomic mass is 10.3. The van der Waals surface area contributed by atoms with E-state index in [-0.39, 0.29) is 23.5 Å². The maximum atomic E-state index is 11.5. The summed E-state index contributed by atoms with van der Waals surface area (Å²) in [5, 5.41) is 5.03. The van der Waals surface area contributed by atoms with Crippen molar-refractivity contribution in [1.29, 1.82) is 0 Å². The van der Waals surface area contributed by atoms with Crippen LogP contribution in [0.25, 0.3) is 0 Å². The zero-order chi connectivity index (χ0) is 14.5. The van der Waals surface area contributed by atoms with E-state index in [9.17, 15) is 13.2 Å². The number of carbonyl (C=O) groups is 1. The highest BCUT2D eigenvalue weighted by Crippen LogP contribution is 2.28. The third kappa shape index (κ3) is 4.28. The first-order valence-electron chi connectivity index (χ1n) is 5.23. The Morgan fingerprint density at radius 1 is 1.47 bits per heavy atom. The molecule has 0 spiro atoms. The molecule has 0 aliphatic carbocycles. The molecule has 102 valence electrons. The third-order valence-electron chi connectivity index (χ3n) is 2.15. The molecule has 0 bridgehead atoms. The molecule has 7 heteroatoms. The maximum Gasteiger partial charge on any atom is 0.312 e. The van der Waals surface area contributed by atoms with Crippen LogP contribution in [0.3, 0.4) is 0 Å². The first kappa shape index (κ1) is 15.0. The van der Waals surface area contributed by atoms with E-state index in [0.29, 0.717) is 5.75 Å². The van der Waals surface area contributed by atoms with E-state index in [1.165, 1.54) is 25.3 Å². The molecule has 1 aromatic rings. The van der Waals surface area contributed by atoms with Crippen LogP contribution in [0.2, 0.25) is 0 Å². The molecule has 0 unspecified atom stereocenters. The number of sulfonamides is 1. The van der Waals surface area contributed by atoms with Gasteiger partial charge in [-0.15, -0.1) is 12.3 Å². The molecule has 0 atom stereocenters. The molecule has 0 saturated heterocycles. The summed E-state index contributed by atoms with van der Waals surface area (Å²) in [5.74, 6) is 1.80. The summed E-state index contributed by atoms with van der Waals surface area (Å²) in [6.45, 7) is 0. The molecule has 0 heterocycles. The Bertz CT molecular complexity index is 615. The standard InChI is InChI=1S/C12H13NO5S/c1-3-4-5-12(14)18-10-8-9(17-2)6-7-11(10)19(13,15)16/h1,6-8H,4-5H2,2H3,(H2,13,15,16). The molecule has 0 saturated carbocycles. The van der Waals surface area contributed by atoms with Gasteiger partial charge in [0.15, 0.2) is 5.75 Å². The van der Waals surface area contributed by atoms with Crippen molar-refractivity contribution in [3.63, 3.8) is 0 Å². The number of ether oxygens (including phenoxy) is 2. The number of terminal acetylenes is 1. The number of benzene rings is 1. The van der Waals surface area contributed by atoms with Crippen molar-refractivity contribution in [2.24, 2.45) is 5.14 Å². The average Bonchev–Trinajstić information content (AvgIpc) is 2.34. The summed E-state index contributed by atoms with van der Waals surface area (Å²) in [7, 11) is -2.60. The molecule has 0 aromatic heterocycles. The zero-order valence-corrected chi connectivity index (χ0v) is 11.1. The molecule has 0 fully saturated rings. The van der Waals surface area contributed by atoms with Gasteiger partial charge in [0, 0.05) is 12.5 Å². The highest BCUT2D eigenvalue weighted by molar-refractivity contribution is 7.89. The minimum atomic E-state index is -4.00. The fourth-order valence-corrected chi connectivity index (χ4v) is 1.92. The second-order valence-corrected chi connectivity index (χ2v) is 5.07. The number of rotatable bonds is 5. The second-order valence-electron chi connectivity index (χ2n) is 3.54. The first-order valence-corrected chi connectivity index (χ1v) is 6.78. The largest absolute Gasteiger partial charge is 0.497 e. The fourth-order valence-electron chi connectivity index (χ4n) is 1.28. The van der Waals surface area contributed by atoms with Gasteiger partial charge in [-0.25, -0.2) is 13.6 Å². The van der Waals surface area contributed by atoms with Crippen molar-refractivity contribution in [1.82, 2.24) is 0 Å². The minimum Gasteiger partial charge on any atom is -0.497 e. The van der Waals surface area contributed by atoms with Crippen LogP contribution in [0, 0.1) is 12.3 Å². The Hall–Kier alpha value is -2.04. The van der Waals surface area contributed by atoms with Gasteiger partial charge in [-0.2, -0.15) is 0 Å². The Balaban J connectivity index is 3.09. The second kappa shape index (κ2) is 6.22. The molecular formula is C12H13NO5S. The van der Waals surface area contributed by atoms with Gasteiger partial charge in [-0.3, -0.25) is 4.79 Å². The fraction of sp³-hybridized carbons (Fsp3) is 0.250. The Labute approximate surface area is 111 Å². The van der Waals surface area contributed by atoms with E-state index < -0.39 is 16.0 Å². The molecule has 0 aliphatic heterocycles. The van der Waals surface area contributed by atoms with Crippen LogP contribution >= 0.6 is 0 Å². The Morgan fingerprint density at radius 3 is 2.68 bits per heavy atom. The summed E-state index contributed by atoms with van der Waals surface area (Å²) in [5.41, 5.74) is 0. The van der Waals surface area contributed by atoms with Crippen molar-refractivity contribution >= 4 is 16.0 Å². The van der Waals surface area contributed by atoms with Crippen LogP contribution in [-0.4, -0.2) is 21.5 Å². The highest BCUT2D eigenvalue weighted by Gasteiger charge is 2.18. The summed E-state index contributed by atoms with van der Waals surface area (Å²) in [6.07, 6.45) is 5.21. The summed E-state index contributed by atoms with van der Waals surface area (Å²) in [4.78, 5) is 11.2. The molecular weight excluding hydrogens is 270 g/mol. The third-order valence-corrected chi connectivity index (χ3v) is 3.10. The van der Waals surface area contributed by atoms with Gasteiger partial charge in [-0.05, 0) is 12.1 Å². The number of hydrogen-bond donors (Lipinski definition) is 1. The molecule has 1 rings (SSSR count). The molecule has 0 amide bonds. The van der Waals surface area contributed by atoms with Crippen molar-refractivity contribution in [3.8, 4) is 23.8 Å². The number of nitrogens with two attached hydrogens (primary N) is 1. The van der Waals surface area contributed by atoms with Gasteiger partial charge in [0.05, 0.1) is 13.5 Å².